The molecule has 1 aliphatic heterocycles. The molecule has 1 saturated heterocycles. The molecule has 150 valence electrons. The number of carbonyl (C=O) groups is 3. The molecule has 1 aliphatic carbocycles. The van der Waals surface area contributed by atoms with Gasteiger partial charge in [-0.3, -0.25) is 19.3 Å². The normalized spacial score (nSPS) is 19.8. The number of carbonyl (C=O) groups excluding carboxylic acids is 1. The molecule has 0 radical (unpaired) electrons. The van der Waals surface area contributed by atoms with Crippen LogP contribution in [0.25, 0.3) is 0 Å². The van der Waals surface area contributed by atoms with Gasteiger partial charge in [-0.25, -0.2) is 0 Å². The number of aromatic amines is 1. The van der Waals surface area contributed by atoms with Crippen molar-refractivity contribution in [3.05, 3.63) is 22.5 Å². The monoisotopic (exact) mass is 380 g/mol. The van der Waals surface area contributed by atoms with Crippen molar-refractivity contribution >= 4 is 17.7 Å². The second-order valence-corrected chi connectivity index (χ2v) is 6.91. The Labute approximate surface area is 158 Å². The average molecular weight is 380 g/mol. The summed E-state index contributed by atoms with van der Waals surface area (Å²) in [5.41, 5.74) is 4.59. The van der Waals surface area contributed by atoms with Crippen LogP contribution in [0.3, 0.4) is 0 Å². The van der Waals surface area contributed by atoms with Crippen molar-refractivity contribution in [2.75, 3.05) is 32.8 Å². The highest BCUT2D eigenvalue weighted by molar-refractivity contribution is 6.01. The number of rotatable bonds is 5. The minimum Gasteiger partial charge on any atom is -0.481 e. The van der Waals surface area contributed by atoms with Gasteiger partial charge in [0.05, 0.1) is 13.2 Å². The van der Waals surface area contributed by atoms with Crippen LogP contribution >= 0.6 is 0 Å². The quantitative estimate of drug-likeness (QED) is 0.662. The molecule has 0 saturated carbocycles. The lowest BCUT2D eigenvalue weighted by molar-refractivity contribution is -0.147. The summed E-state index contributed by atoms with van der Waals surface area (Å²) in [5.74, 6) is -2.10. The van der Waals surface area contributed by atoms with E-state index in [-0.39, 0.29) is 5.92 Å². The van der Waals surface area contributed by atoms with Gasteiger partial charge in [0, 0.05) is 42.5 Å². The zero-order valence-corrected chi connectivity index (χ0v) is 15.9. The third-order valence-electron chi connectivity index (χ3n) is 4.99. The van der Waals surface area contributed by atoms with Crippen molar-refractivity contribution in [1.29, 1.82) is 0 Å². The van der Waals surface area contributed by atoms with Crippen molar-refractivity contribution in [2.24, 2.45) is 5.92 Å². The number of morpholine rings is 1. The van der Waals surface area contributed by atoms with E-state index in [9.17, 15) is 14.4 Å². The van der Waals surface area contributed by atoms with Crippen LogP contribution in [0.15, 0.2) is 0 Å². The highest BCUT2D eigenvalue weighted by atomic mass is 16.5. The summed E-state index contributed by atoms with van der Waals surface area (Å²) in [7, 11) is 0. The van der Waals surface area contributed by atoms with E-state index in [1.807, 2.05) is 0 Å². The third kappa shape index (κ3) is 5.64. The lowest BCUT2D eigenvalue weighted by Crippen LogP contribution is -2.42. The fraction of sp³-hybridized carbons (Fsp3) is 0.632. The molecule has 2 aliphatic rings. The lowest BCUT2D eigenvalue weighted by Gasteiger charge is -2.31. The van der Waals surface area contributed by atoms with E-state index in [1.54, 1.807) is 0 Å². The Morgan fingerprint density at radius 1 is 1.22 bits per heavy atom. The van der Waals surface area contributed by atoms with Crippen LogP contribution in [0, 0.1) is 12.8 Å². The van der Waals surface area contributed by atoms with Crippen molar-refractivity contribution in [2.45, 2.75) is 39.5 Å². The highest BCUT2D eigenvalue weighted by Gasteiger charge is 2.32. The average Bonchev–Trinajstić information content (AvgIpc) is 2.93. The molecule has 27 heavy (non-hydrogen) atoms. The fourth-order valence-corrected chi connectivity index (χ4v) is 3.71. The van der Waals surface area contributed by atoms with E-state index < -0.39 is 18.4 Å². The molecule has 0 bridgehead atoms. The standard InChI is InChI=1S/C16H24N2O2.C3H4O4/c1-3-13-11(2)17-14-5-4-12(16(19)15(13)14)10-18-6-8-20-9-7-18;4-2(5)1-3(6)7/h12,17H,3-10H2,1-2H3;1H2,(H,4,5)(H,6,7). The minimum atomic E-state index is -1.31. The topological polar surface area (TPSA) is 120 Å². The van der Waals surface area contributed by atoms with Gasteiger partial charge >= 0.3 is 11.9 Å². The smallest absolute Gasteiger partial charge is 0.314 e. The zero-order valence-electron chi connectivity index (χ0n) is 15.9. The van der Waals surface area contributed by atoms with E-state index in [4.69, 9.17) is 14.9 Å². The molecule has 3 N–H and O–H groups in total. The Morgan fingerprint density at radius 2 is 1.85 bits per heavy atom. The molecule has 3 rings (SSSR count). The third-order valence-corrected chi connectivity index (χ3v) is 4.99. The number of carboxylic acid groups (broad SMARTS) is 2. The zero-order chi connectivity index (χ0) is 20.0. The Bertz CT molecular complexity index is 679. The van der Waals surface area contributed by atoms with Gasteiger partial charge in [-0.1, -0.05) is 6.92 Å². The molecule has 0 amide bonds. The number of aliphatic carboxylic acids is 2. The molecule has 0 aromatic carbocycles. The maximum absolute atomic E-state index is 12.8. The number of H-pyrrole nitrogens is 1. The number of nitrogens with zero attached hydrogens (tertiary/aromatic N) is 1. The molecule has 8 nitrogen and oxygen atoms in total. The number of nitrogens with one attached hydrogen (secondary N) is 1. The summed E-state index contributed by atoms with van der Waals surface area (Å²) >= 11 is 0. The summed E-state index contributed by atoms with van der Waals surface area (Å²) in [6, 6.07) is 0. The first-order valence-corrected chi connectivity index (χ1v) is 9.31. The van der Waals surface area contributed by atoms with Crippen molar-refractivity contribution in [3.8, 4) is 0 Å². The largest absolute Gasteiger partial charge is 0.481 e. The van der Waals surface area contributed by atoms with Crippen LogP contribution in [0.2, 0.25) is 0 Å². The molecular weight excluding hydrogens is 352 g/mol. The summed E-state index contributed by atoms with van der Waals surface area (Å²) in [5, 5.41) is 15.4. The van der Waals surface area contributed by atoms with E-state index in [0.29, 0.717) is 5.78 Å². The van der Waals surface area contributed by atoms with E-state index in [0.717, 1.165) is 57.7 Å². The van der Waals surface area contributed by atoms with Crippen molar-refractivity contribution in [1.82, 2.24) is 9.88 Å². The van der Waals surface area contributed by atoms with Crippen LogP contribution in [0.4, 0.5) is 0 Å². The van der Waals surface area contributed by atoms with Gasteiger partial charge in [0.15, 0.2) is 5.78 Å². The van der Waals surface area contributed by atoms with E-state index in [2.05, 4.69) is 23.7 Å². The van der Waals surface area contributed by atoms with Gasteiger partial charge in [0.2, 0.25) is 0 Å². The van der Waals surface area contributed by atoms with Gasteiger partial charge in [-0.2, -0.15) is 0 Å². The summed E-state index contributed by atoms with van der Waals surface area (Å²) in [4.78, 5) is 37.5. The molecule has 1 atom stereocenters. The van der Waals surface area contributed by atoms with Crippen molar-refractivity contribution < 1.29 is 29.3 Å². The summed E-state index contributed by atoms with van der Waals surface area (Å²) in [6.07, 6.45) is 2.12. The molecule has 1 unspecified atom stereocenters. The number of ketones is 1. The first-order valence-electron chi connectivity index (χ1n) is 9.31. The first kappa shape index (κ1) is 21.1. The SMILES string of the molecule is CCc1c(C)[nH]c2c1C(=O)C(CN1CCOCC1)CC2.O=C(O)CC(=O)O. The number of ether oxygens (including phenoxy) is 1. The van der Waals surface area contributed by atoms with Crippen molar-refractivity contribution in [3.63, 3.8) is 0 Å². The molecule has 2 heterocycles. The lowest BCUT2D eigenvalue weighted by atomic mass is 9.83. The predicted molar refractivity (Wildman–Crippen MR) is 98.2 cm³/mol. The second-order valence-electron chi connectivity index (χ2n) is 6.91. The number of fused-ring (bicyclic) bond motifs is 1. The summed E-state index contributed by atoms with van der Waals surface area (Å²) < 4.78 is 5.38. The number of carboxylic acids is 2. The molecule has 1 aromatic heterocycles. The van der Waals surface area contributed by atoms with Gasteiger partial charge in [0.1, 0.15) is 6.42 Å². The molecule has 8 heteroatoms. The maximum atomic E-state index is 12.8. The van der Waals surface area contributed by atoms with E-state index in [1.165, 1.54) is 17.0 Å². The van der Waals surface area contributed by atoms with Crippen LogP contribution in [-0.2, 0) is 27.2 Å². The Balaban J connectivity index is 0.000000321. The van der Waals surface area contributed by atoms with Gasteiger partial charge < -0.3 is 19.9 Å². The van der Waals surface area contributed by atoms with Gasteiger partial charge in [0.25, 0.3) is 0 Å². The second kappa shape index (κ2) is 9.66. The van der Waals surface area contributed by atoms with Crippen LogP contribution in [-0.4, -0.2) is 70.7 Å². The number of aryl methyl sites for hydroxylation is 2. The highest BCUT2D eigenvalue weighted by Crippen LogP contribution is 2.30. The molecule has 0 spiro atoms. The van der Waals surface area contributed by atoms with Gasteiger partial charge in [-0.15, -0.1) is 0 Å². The molecular formula is C19H28N2O6. The Hall–Kier alpha value is -2.19. The van der Waals surface area contributed by atoms with E-state index >= 15 is 0 Å². The van der Waals surface area contributed by atoms with Crippen LogP contribution < -0.4 is 0 Å². The molecule has 1 aromatic rings. The minimum absolute atomic E-state index is 0.168. The Morgan fingerprint density at radius 3 is 2.37 bits per heavy atom. The predicted octanol–water partition coefficient (Wildman–Crippen LogP) is 1.51. The molecule has 1 fully saturated rings. The first-order chi connectivity index (χ1) is 12.8. The number of hydrogen-bond donors (Lipinski definition) is 3. The summed E-state index contributed by atoms with van der Waals surface area (Å²) in [6.45, 7) is 8.64. The maximum Gasteiger partial charge on any atom is 0.314 e. The number of aromatic nitrogens is 1. The van der Waals surface area contributed by atoms with Gasteiger partial charge in [-0.05, 0) is 31.7 Å². The van der Waals surface area contributed by atoms with Crippen LogP contribution in [0.5, 0.6) is 0 Å². The fourth-order valence-electron chi connectivity index (χ4n) is 3.71. The Kier molecular flexibility index (Phi) is 7.55. The van der Waals surface area contributed by atoms with Crippen LogP contribution in [0.1, 0.15) is 47.1 Å². The number of Topliss-reactive ketones (excluding diaryl/α,β-unsaturated/α-hetero) is 1. The number of hydrogen-bond acceptors (Lipinski definition) is 5.